The Morgan fingerprint density at radius 2 is 1.42 bits per heavy atom. The van der Waals surface area contributed by atoms with E-state index >= 15 is 0 Å². The number of aryl methyl sites for hydroxylation is 2. The van der Waals surface area contributed by atoms with E-state index in [-0.39, 0.29) is 6.10 Å². The number of aromatic amines is 2. The van der Waals surface area contributed by atoms with Crippen LogP contribution in [0, 0.1) is 13.8 Å². The molecule has 276 valence electrons. The summed E-state index contributed by atoms with van der Waals surface area (Å²) in [7, 11) is 3.25. The molecule has 0 saturated carbocycles. The van der Waals surface area contributed by atoms with Crippen LogP contribution in [0.25, 0.3) is 18.2 Å². The minimum absolute atomic E-state index is 0.250. The number of hydrogen-bond donors (Lipinski definition) is 5. The van der Waals surface area contributed by atoms with E-state index in [0.717, 1.165) is 60.1 Å². The van der Waals surface area contributed by atoms with Crippen molar-refractivity contribution in [1.29, 1.82) is 0 Å². The second kappa shape index (κ2) is 18.8. The molecular formula is C39H47N11O3. The minimum Gasteiger partial charge on any atom is -0.497 e. The highest BCUT2D eigenvalue weighted by Crippen LogP contribution is 2.26. The first-order chi connectivity index (χ1) is 25.7. The Hall–Kier alpha value is -6.28. The molecule has 1 aliphatic heterocycles. The van der Waals surface area contributed by atoms with Crippen LogP contribution in [0.15, 0.2) is 78.5 Å². The molecule has 4 aromatic heterocycles. The van der Waals surface area contributed by atoms with Crippen molar-refractivity contribution in [2.45, 2.75) is 46.6 Å². The van der Waals surface area contributed by atoms with E-state index in [1.807, 2.05) is 113 Å². The summed E-state index contributed by atoms with van der Waals surface area (Å²) < 4.78 is 10.7. The van der Waals surface area contributed by atoms with Gasteiger partial charge in [0.1, 0.15) is 29.0 Å². The van der Waals surface area contributed by atoms with E-state index < -0.39 is 0 Å². The second-order valence-corrected chi connectivity index (χ2v) is 12.2. The number of benzene rings is 1. The average Bonchev–Trinajstić information content (AvgIpc) is 3.78. The number of ether oxygens (including phenoxy) is 2. The Morgan fingerprint density at radius 3 is 2.00 bits per heavy atom. The maximum atomic E-state index is 9.86. The molecular weight excluding hydrogens is 671 g/mol. The van der Waals surface area contributed by atoms with E-state index in [9.17, 15) is 5.11 Å². The maximum Gasteiger partial charge on any atom is 0.156 e. The van der Waals surface area contributed by atoms with Crippen molar-refractivity contribution in [3.8, 4) is 11.5 Å². The summed E-state index contributed by atoms with van der Waals surface area (Å²) in [5, 5.41) is 30.4. The van der Waals surface area contributed by atoms with Crippen LogP contribution in [0.4, 0.5) is 29.1 Å². The Balaban J connectivity index is 0.000000224. The third kappa shape index (κ3) is 11.6. The Labute approximate surface area is 309 Å². The lowest BCUT2D eigenvalue weighted by Crippen LogP contribution is -2.36. The molecule has 5 aromatic rings. The number of rotatable bonds is 12. The number of aliphatic hydroxyl groups is 1. The fraction of sp³-hybridized carbons (Fsp3) is 0.282. The molecule has 0 atom stereocenters. The van der Waals surface area contributed by atoms with Crippen molar-refractivity contribution >= 4 is 47.3 Å². The molecule has 14 nitrogen and oxygen atoms in total. The molecule has 6 rings (SSSR count). The van der Waals surface area contributed by atoms with Gasteiger partial charge in [-0.25, -0.2) is 19.9 Å². The first-order valence-electron chi connectivity index (χ1n) is 17.3. The molecule has 5 N–H and O–H groups in total. The van der Waals surface area contributed by atoms with Crippen LogP contribution in [-0.4, -0.2) is 78.9 Å². The predicted octanol–water partition coefficient (Wildman–Crippen LogP) is 7.19. The summed E-state index contributed by atoms with van der Waals surface area (Å²) >= 11 is 0. The summed E-state index contributed by atoms with van der Waals surface area (Å²) in [5.41, 5.74) is 3.98. The monoisotopic (exact) mass is 717 g/mol. The smallest absolute Gasteiger partial charge is 0.156 e. The number of allylic oxidation sites excluding steroid dienone is 5. The predicted molar refractivity (Wildman–Crippen MR) is 211 cm³/mol. The quantitative estimate of drug-likeness (QED) is 0.0823. The van der Waals surface area contributed by atoms with E-state index in [1.54, 1.807) is 20.4 Å². The fourth-order valence-corrected chi connectivity index (χ4v) is 5.31. The summed E-state index contributed by atoms with van der Waals surface area (Å²) in [6.07, 6.45) is 16.6. The third-order valence-electron chi connectivity index (χ3n) is 8.03. The van der Waals surface area contributed by atoms with Crippen LogP contribution >= 0.6 is 0 Å². The number of nitrogens with zero attached hydrogens (tertiary/aromatic N) is 7. The highest BCUT2D eigenvalue weighted by molar-refractivity contribution is 5.70. The van der Waals surface area contributed by atoms with Crippen LogP contribution in [0.3, 0.4) is 0 Å². The number of aromatic nitrogens is 8. The van der Waals surface area contributed by atoms with Crippen molar-refractivity contribution in [3.05, 3.63) is 107 Å². The zero-order valence-corrected chi connectivity index (χ0v) is 31.0. The van der Waals surface area contributed by atoms with Crippen molar-refractivity contribution in [2.75, 3.05) is 42.8 Å². The molecule has 1 fully saturated rings. The van der Waals surface area contributed by atoms with Gasteiger partial charge in [-0.1, -0.05) is 30.4 Å². The van der Waals surface area contributed by atoms with Crippen molar-refractivity contribution in [1.82, 2.24) is 40.3 Å². The van der Waals surface area contributed by atoms with E-state index in [4.69, 9.17) is 14.5 Å². The van der Waals surface area contributed by atoms with Crippen LogP contribution < -0.4 is 25.0 Å². The van der Waals surface area contributed by atoms with Gasteiger partial charge in [0.2, 0.25) is 0 Å². The molecule has 1 saturated heterocycles. The molecule has 0 bridgehead atoms. The molecule has 0 amide bonds. The van der Waals surface area contributed by atoms with Crippen LogP contribution in [0.2, 0.25) is 0 Å². The topological polar surface area (TPSA) is 175 Å². The van der Waals surface area contributed by atoms with Gasteiger partial charge in [-0.05, 0) is 82.0 Å². The van der Waals surface area contributed by atoms with Gasteiger partial charge in [0.15, 0.2) is 23.3 Å². The molecule has 14 heteroatoms. The van der Waals surface area contributed by atoms with Crippen LogP contribution in [-0.2, 0) is 0 Å². The van der Waals surface area contributed by atoms with E-state index in [1.165, 1.54) is 0 Å². The summed E-state index contributed by atoms with van der Waals surface area (Å²) in [5.74, 6) is 6.23. The molecule has 0 spiro atoms. The number of H-pyrrole nitrogens is 2. The summed E-state index contributed by atoms with van der Waals surface area (Å²) in [6, 6.07) is 13.2. The van der Waals surface area contributed by atoms with Gasteiger partial charge in [-0.2, -0.15) is 10.2 Å². The van der Waals surface area contributed by atoms with Gasteiger partial charge in [-0.15, -0.1) is 0 Å². The van der Waals surface area contributed by atoms with Gasteiger partial charge in [0, 0.05) is 54.9 Å². The van der Waals surface area contributed by atoms with E-state index in [0.29, 0.717) is 40.6 Å². The first kappa shape index (κ1) is 38.0. The summed E-state index contributed by atoms with van der Waals surface area (Å²) in [6.45, 7) is 9.37. The maximum absolute atomic E-state index is 9.86. The van der Waals surface area contributed by atoms with E-state index in [2.05, 4.69) is 50.9 Å². The van der Waals surface area contributed by atoms with Crippen molar-refractivity contribution < 1.29 is 14.6 Å². The zero-order valence-electron chi connectivity index (χ0n) is 31.0. The van der Waals surface area contributed by atoms with Crippen molar-refractivity contribution in [2.24, 2.45) is 0 Å². The lowest BCUT2D eigenvalue weighted by molar-refractivity contribution is 0.145. The third-order valence-corrected chi connectivity index (χ3v) is 8.03. The first-order valence-corrected chi connectivity index (χ1v) is 17.3. The number of aliphatic hydroxyl groups excluding tert-OH is 1. The molecule has 0 unspecified atom stereocenters. The largest absolute Gasteiger partial charge is 0.497 e. The van der Waals surface area contributed by atoms with Gasteiger partial charge in [-0.3, -0.25) is 10.2 Å². The molecule has 5 heterocycles. The number of hydrogen-bond acceptors (Lipinski definition) is 12. The molecule has 0 radical (unpaired) electrons. The number of piperidine rings is 1. The Morgan fingerprint density at radius 1 is 0.774 bits per heavy atom. The van der Waals surface area contributed by atoms with Crippen LogP contribution in [0.1, 0.15) is 55.3 Å². The van der Waals surface area contributed by atoms with Crippen molar-refractivity contribution in [3.63, 3.8) is 0 Å². The molecule has 1 aliphatic rings. The normalized spacial score (nSPS) is 13.8. The molecule has 1 aromatic carbocycles. The summed E-state index contributed by atoms with van der Waals surface area (Å²) in [4.78, 5) is 20.2. The fourth-order valence-electron chi connectivity index (χ4n) is 5.31. The highest BCUT2D eigenvalue weighted by Gasteiger charge is 2.19. The number of anilines is 5. The van der Waals surface area contributed by atoms with Gasteiger partial charge < -0.3 is 30.1 Å². The standard InChI is InChI=1S/C23H28N6O3.C16H19N5/c1-15-10-22(28-27-15)25-21-14-23(29-8-6-17(30)7-9-29)26-20(24-21)5-4-16-11-18(31-2)13-19(12-16)32-3;1-4-6-13(5-2)7-8-14-17-10-9-15(18-14)19-16-11-12(3)20-21-16/h4-5,10-14,17,30H,6-9H2,1-3H3,(H2,24,25,26,27,28);4-11H,1-3H3,(H2,17,18,19,20,21)/b5-4+;6-4-,8-7+,13-5+. The Bertz CT molecular complexity index is 2030. The van der Waals surface area contributed by atoms with Crippen LogP contribution in [0.5, 0.6) is 11.5 Å². The lowest BCUT2D eigenvalue weighted by atomic mass is 10.1. The number of nitrogens with one attached hydrogen (secondary N) is 4. The molecule has 53 heavy (non-hydrogen) atoms. The second-order valence-electron chi connectivity index (χ2n) is 12.2. The minimum atomic E-state index is -0.250. The highest BCUT2D eigenvalue weighted by atomic mass is 16.5. The van der Waals surface area contributed by atoms with Gasteiger partial charge in [0.25, 0.3) is 0 Å². The average molecular weight is 718 g/mol. The van der Waals surface area contributed by atoms with Gasteiger partial charge in [0.05, 0.1) is 20.3 Å². The van der Waals surface area contributed by atoms with Gasteiger partial charge >= 0.3 is 0 Å². The zero-order chi connectivity index (χ0) is 37.6. The molecule has 0 aliphatic carbocycles. The Kier molecular flexibility index (Phi) is 13.5. The number of methoxy groups -OCH3 is 2. The SMILES string of the molecule is COc1cc(/C=C/c2nc(Nc3cc(C)[nH]n3)cc(N3CCC(O)CC3)n2)cc(OC)c1.C\C=C/C(/C=C/c1nccc(Nc2cc(C)[nH]n2)n1)=C\C. The lowest BCUT2D eigenvalue weighted by Gasteiger charge is -2.30.